The minimum absolute atomic E-state index is 0.219. The van der Waals surface area contributed by atoms with Gasteiger partial charge in [-0.25, -0.2) is 4.98 Å². The zero-order valence-electron chi connectivity index (χ0n) is 18.2. The van der Waals surface area contributed by atoms with Crippen molar-refractivity contribution < 1.29 is 14.3 Å². The maximum Gasteiger partial charge on any atom is 0.267 e. The SMILES string of the molecule is Cc1nc(COc2ccc(Cl)cc2)sc1C(=O)Nc1ccccc1CN1CCC[C@H]1C(N)=O. The minimum Gasteiger partial charge on any atom is -0.486 e. The van der Waals surface area contributed by atoms with Gasteiger partial charge in [0.05, 0.1) is 11.7 Å². The van der Waals surface area contributed by atoms with E-state index in [-0.39, 0.29) is 24.5 Å². The zero-order valence-corrected chi connectivity index (χ0v) is 19.8. The third-order valence-corrected chi connectivity index (χ3v) is 6.94. The van der Waals surface area contributed by atoms with Gasteiger partial charge in [0.15, 0.2) is 0 Å². The summed E-state index contributed by atoms with van der Waals surface area (Å²) in [5.74, 6) is 0.161. The molecule has 7 nitrogen and oxygen atoms in total. The number of benzene rings is 2. The monoisotopic (exact) mass is 484 g/mol. The largest absolute Gasteiger partial charge is 0.486 e. The molecule has 0 unspecified atom stereocenters. The molecule has 1 saturated heterocycles. The average molecular weight is 485 g/mol. The number of hydrogen-bond donors (Lipinski definition) is 2. The summed E-state index contributed by atoms with van der Waals surface area (Å²) >= 11 is 7.21. The first-order valence-corrected chi connectivity index (χ1v) is 11.9. The summed E-state index contributed by atoms with van der Waals surface area (Å²) in [7, 11) is 0. The van der Waals surface area contributed by atoms with Crippen LogP contribution in [0.3, 0.4) is 0 Å². The number of rotatable bonds is 8. The molecule has 1 atom stereocenters. The lowest BCUT2D eigenvalue weighted by Gasteiger charge is -2.23. The van der Waals surface area contributed by atoms with Crippen LogP contribution in [0.2, 0.25) is 5.02 Å². The highest BCUT2D eigenvalue weighted by molar-refractivity contribution is 7.13. The molecule has 3 N–H and O–H groups in total. The lowest BCUT2D eigenvalue weighted by molar-refractivity contribution is -0.122. The van der Waals surface area contributed by atoms with Crippen LogP contribution in [0, 0.1) is 6.92 Å². The van der Waals surface area contributed by atoms with E-state index in [2.05, 4.69) is 15.2 Å². The van der Waals surface area contributed by atoms with E-state index in [0.717, 1.165) is 24.9 Å². The lowest BCUT2D eigenvalue weighted by Crippen LogP contribution is -2.39. The molecule has 2 amide bonds. The molecule has 2 heterocycles. The second kappa shape index (κ2) is 10.3. The first-order valence-electron chi connectivity index (χ1n) is 10.7. The number of aromatic nitrogens is 1. The fraction of sp³-hybridized carbons (Fsp3) is 0.292. The Morgan fingerprint density at radius 1 is 1.24 bits per heavy atom. The number of thiazole rings is 1. The standard InChI is InChI=1S/C24H25ClN4O3S/c1-15-22(33-21(27-15)14-32-18-10-8-17(25)9-11-18)24(31)28-19-6-3-2-5-16(19)13-29-12-4-7-20(29)23(26)30/h2-3,5-6,8-11,20H,4,7,12-14H2,1H3,(H2,26,30)(H,28,31)/t20-/m0/s1. The molecule has 0 aliphatic carbocycles. The Kier molecular flexibility index (Phi) is 7.27. The molecule has 9 heteroatoms. The van der Waals surface area contributed by atoms with Crippen molar-refractivity contribution in [1.29, 1.82) is 0 Å². The Balaban J connectivity index is 1.43. The minimum atomic E-state index is -0.303. The number of carbonyl (C=O) groups excluding carboxylic acids is 2. The number of carbonyl (C=O) groups is 2. The van der Waals surface area contributed by atoms with Crippen LogP contribution >= 0.6 is 22.9 Å². The summed E-state index contributed by atoms with van der Waals surface area (Å²) in [5, 5.41) is 4.36. The molecule has 1 aliphatic heterocycles. The van der Waals surface area contributed by atoms with E-state index in [9.17, 15) is 9.59 Å². The van der Waals surface area contributed by atoms with Gasteiger partial charge in [-0.1, -0.05) is 29.8 Å². The Morgan fingerprint density at radius 3 is 2.76 bits per heavy atom. The summed E-state index contributed by atoms with van der Waals surface area (Å²) < 4.78 is 5.75. The molecule has 1 fully saturated rings. The summed E-state index contributed by atoms with van der Waals surface area (Å²) in [5.41, 5.74) is 7.85. The summed E-state index contributed by atoms with van der Waals surface area (Å²) in [4.78, 5) is 31.9. The Bertz CT molecular complexity index is 1150. The fourth-order valence-electron chi connectivity index (χ4n) is 3.92. The second-order valence-electron chi connectivity index (χ2n) is 7.91. The number of ether oxygens (including phenoxy) is 1. The first kappa shape index (κ1) is 23.2. The number of hydrogen-bond acceptors (Lipinski definition) is 6. The maximum atomic E-state index is 13.0. The number of halogens is 1. The van der Waals surface area contributed by atoms with Crippen molar-refractivity contribution >= 4 is 40.4 Å². The van der Waals surface area contributed by atoms with Crippen LogP contribution in [0.15, 0.2) is 48.5 Å². The highest BCUT2D eigenvalue weighted by Crippen LogP contribution is 2.26. The number of amides is 2. The van der Waals surface area contributed by atoms with Gasteiger partial charge >= 0.3 is 0 Å². The Labute approximate surface area is 201 Å². The van der Waals surface area contributed by atoms with Gasteiger partial charge in [-0.2, -0.15) is 0 Å². The van der Waals surface area contributed by atoms with Crippen LogP contribution in [0.1, 0.15) is 38.8 Å². The fourth-order valence-corrected chi connectivity index (χ4v) is 4.92. The van der Waals surface area contributed by atoms with Crippen LogP contribution < -0.4 is 15.8 Å². The van der Waals surface area contributed by atoms with Crippen LogP contribution in [0.25, 0.3) is 0 Å². The van der Waals surface area contributed by atoms with Crippen LogP contribution in [-0.4, -0.2) is 34.3 Å². The third-order valence-electron chi connectivity index (χ3n) is 5.55. The van der Waals surface area contributed by atoms with E-state index in [1.807, 2.05) is 31.2 Å². The van der Waals surface area contributed by atoms with Gasteiger partial charge in [-0.15, -0.1) is 11.3 Å². The van der Waals surface area contributed by atoms with Gasteiger partial charge in [0.2, 0.25) is 5.91 Å². The highest BCUT2D eigenvalue weighted by Gasteiger charge is 2.29. The van der Waals surface area contributed by atoms with Gasteiger partial charge < -0.3 is 15.8 Å². The molecule has 2 aromatic carbocycles. The van der Waals surface area contributed by atoms with Gasteiger partial charge in [0.25, 0.3) is 5.91 Å². The second-order valence-corrected chi connectivity index (χ2v) is 9.43. The molecule has 0 saturated carbocycles. The van der Waals surface area contributed by atoms with Crippen molar-refractivity contribution in [2.24, 2.45) is 5.73 Å². The number of nitrogens with two attached hydrogens (primary N) is 1. The van der Waals surface area contributed by atoms with E-state index in [4.69, 9.17) is 22.1 Å². The van der Waals surface area contributed by atoms with Gasteiger partial charge in [-0.3, -0.25) is 14.5 Å². The van der Waals surface area contributed by atoms with Crippen molar-refractivity contribution in [3.05, 3.63) is 74.7 Å². The summed E-state index contributed by atoms with van der Waals surface area (Å²) in [6.45, 7) is 3.43. The molecule has 1 aromatic heterocycles. The van der Waals surface area contributed by atoms with Crippen molar-refractivity contribution in [3.8, 4) is 5.75 Å². The quantitative estimate of drug-likeness (QED) is 0.494. The molecule has 3 aromatic rings. The number of para-hydroxylation sites is 1. The summed E-state index contributed by atoms with van der Waals surface area (Å²) in [6.07, 6.45) is 1.70. The van der Waals surface area contributed by atoms with Crippen molar-refractivity contribution in [1.82, 2.24) is 9.88 Å². The van der Waals surface area contributed by atoms with E-state index in [1.165, 1.54) is 11.3 Å². The third kappa shape index (κ3) is 5.71. The molecule has 172 valence electrons. The van der Waals surface area contributed by atoms with E-state index >= 15 is 0 Å². The van der Waals surface area contributed by atoms with E-state index in [0.29, 0.717) is 38.6 Å². The smallest absolute Gasteiger partial charge is 0.267 e. The number of likely N-dealkylation sites (tertiary alicyclic amines) is 1. The Hall–Kier alpha value is -2.94. The number of anilines is 1. The van der Waals surface area contributed by atoms with E-state index in [1.54, 1.807) is 24.3 Å². The van der Waals surface area contributed by atoms with Gasteiger partial charge in [-0.05, 0) is 62.2 Å². The number of aryl methyl sites for hydroxylation is 1. The summed E-state index contributed by atoms with van der Waals surface area (Å²) in [6, 6.07) is 14.4. The molecule has 1 aliphatic rings. The number of primary amides is 1. The number of nitrogens with one attached hydrogen (secondary N) is 1. The van der Waals surface area contributed by atoms with Crippen molar-refractivity contribution in [2.45, 2.75) is 39.0 Å². The number of nitrogens with zero attached hydrogens (tertiary/aromatic N) is 2. The molecule has 0 radical (unpaired) electrons. The molecule has 0 spiro atoms. The molecule has 0 bridgehead atoms. The maximum absolute atomic E-state index is 13.0. The molecule has 33 heavy (non-hydrogen) atoms. The first-order chi connectivity index (χ1) is 15.9. The predicted octanol–water partition coefficient (Wildman–Crippen LogP) is 4.39. The average Bonchev–Trinajstić information content (AvgIpc) is 3.41. The zero-order chi connectivity index (χ0) is 23.4. The van der Waals surface area contributed by atoms with E-state index < -0.39 is 0 Å². The predicted molar refractivity (Wildman–Crippen MR) is 130 cm³/mol. The molecular formula is C24H25ClN4O3S. The van der Waals surface area contributed by atoms with Crippen LogP contribution in [-0.2, 0) is 17.9 Å². The van der Waals surface area contributed by atoms with Gasteiger partial charge in [0, 0.05) is 17.3 Å². The van der Waals surface area contributed by atoms with Crippen molar-refractivity contribution in [3.63, 3.8) is 0 Å². The van der Waals surface area contributed by atoms with Crippen LogP contribution in [0.4, 0.5) is 5.69 Å². The molecule has 4 rings (SSSR count). The lowest BCUT2D eigenvalue weighted by atomic mass is 10.1. The topological polar surface area (TPSA) is 97.6 Å². The Morgan fingerprint density at radius 2 is 2.00 bits per heavy atom. The highest BCUT2D eigenvalue weighted by atomic mass is 35.5. The molecular weight excluding hydrogens is 460 g/mol. The van der Waals surface area contributed by atoms with Crippen LogP contribution in [0.5, 0.6) is 5.75 Å². The normalized spacial score (nSPS) is 16.0. The van der Waals surface area contributed by atoms with Crippen molar-refractivity contribution in [2.75, 3.05) is 11.9 Å². The van der Waals surface area contributed by atoms with Gasteiger partial charge in [0.1, 0.15) is 22.2 Å².